The van der Waals surface area contributed by atoms with Crippen LogP contribution in [-0.2, 0) is 35.6 Å². The van der Waals surface area contributed by atoms with Crippen molar-refractivity contribution in [1.29, 1.82) is 0 Å². The molecule has 6 unspecified atom stereocenters. The van der Waals surface area contributed by atoms with Crippen molar-refractivity contribution in [3.8, 4) is 5.75 Å². The summed E-state index contributed by atoms with van der Waals surface area (Å²) in [5.41, 5.74) is 2.02. The molecule has 1 amide bonds. The molecule has 5 rings (SSSR count). The molecule has 1 aromatic heterocycles. The monoisotopic (exact) mass is 596 g/mol. The Hall–Kier alpha value is -2.02. The zero-order chi connectivity index (χ0) is 28.2. The predicted molar refractivity (Wildman–Crippen MR) is 150 cm³/mol. The van der Waals surface area contributed by atoms with E-state index in [1.807, 2.05) is 19.1 Å². The van der Waals surface area contributed by atoms with Crippen molar-refractivity contribution >= 4 is 42.6 Å². The van der Waals surface area contributed by atoms with Crippen LogP contribution in [0.15, 0.2) is 24.4 Å². The molecule has 3 aliphatic carbocycles. The first-order chi connectivity index (χ1) is 18.2. The van der Waals surface area contributed by atoms with Gasteiger partial charge in [0.05, 0.1) is 18.6 Å². The highest BCUT2D eigenvalue weighted by molar-refractivity contribution is 7.86. The molecule has 12 heteroatoms. The molecule has 0 aliphatic heterocycles. The highest BCUT2D eigenvalue weighted by atomic mass is 32.2. The number of nitrogens with one attached hydrogen (secondary N) is 1. The van der Waals surface area contributed by atoms with Crippen LogP contribution in [-0.4, -0.2) is 46.3 Å². The number of aromatic nitrogens is 1. The highest BCUT2D eigenvalue weighted by Gasteiger charge is 2.59. The summed E-state index contributed by atoms with van der Waals surface area (Å²) in [7, 11) is -7.24. The van der Waals surface area contributed by atoms with Gasteiger partial charge in [-0.2, -0.15) is 16.8 Å². The summed E-state index contributed by atoms with van der Waals surface area (Å²) in [5, 5.41) is 3.49. The van der Waals surface area contributed by atoms with Crippen molar-refractivity contribution in [3.05, 3.63) is 40.4 Å². The average Bonchev–Trinajstić information content (AvgIpc) is 3.35. The summed E-state index contributed by atoms with van der Waals surface area (Å²) in [6, 6.07) is 5.56. The largest absolute Gasteiger partial charge is 0.383 e. The summed E-state index contributed by atoms with van der Waals surface area (Å²) in [5.74, 6) is 1.20. The highest BCUT2D eigenvalue weighted by Crippen LogP contribution is 2.64. The minimum atomic E-state index is -3.64. The maximum atomic E-state index is 12.8. The lowest BCUT2D eigenvalue weighted by atomic mass is 9.53. The number of carbonyl (C=O) groups excluding carboxylic acids is 1. The Kier molecular flexibility index (Phi) is 7.62. The minimum absolute atomic E-state index is 0.0849. The molecule has 2 saturated carbocycles. The minimum Gasteiger partial charge on any atom is -0.383 e. The van der Waals surface area contributed by atoms with E-state index in [0.29, 0.717) is 36.1 Å². The number of anilines is 1. The smallest absolute Gasteiger partial charge is 0.306 e. The Labute approximate surface area is 235 Å². The molecule has 3 aliphatic rings. The molecule has 0 bridgehead atoms. The van der Waals surface area contributed by atoms with Gasteiger partial charge in [0, 0.05) is 17.5 Å². The Bertz CT molecular complexity index is 1470. The van der Waals surface area contributed by atoms with E-state index in [0.717, 1.165) is 48.6 Å². The summed E-state index contributed by atoms with van der Waals surface area (Å²) in [6.07, 6.45) is 8.48. The van der Waals surface area contributed by atoms with Crippen molar-refractivity contribution in [1.82, 2.24) is 4.98 Å². The molecule has 6 atom stereocenters. The first-order valence-corrected chi connectivity index (χ1v) is 17.8. The van der Waals surface area contributed by atoms with Crippen LogP contribution in [0.4, 0.5) is 5.13 Å². The summed E-state index contributed by atoms with van der Waals surface area (Å²) >= 11 is 1.44. The summed E-state index contributed by atoms with van der Waals surface area (Å²) in [6.45, 7) is 4.11. The molecule has 39 heavy (non-hydrogen) atoms. The fraction of sp³-hybridized carbons (Fsp3) is 0.630. The van der Waals surface area contributed by atoms with Crippen LogP contribution < -0.4 is 9.50 Å². The topological polar surface area (TPSA) is 129 Å². The van der Waals surface area contributed by atoms with Crippen molar-refractivity contribution in [2.75, 3.05) is 17.8 Å². The third-order valence-corrected chi connectivity index (χ3v) is 10.8. The van der Waals surface area contributed by atoms with Crippen LogP contribution in [0.2, 0.25) is 0 Å². The number of nitrogens with zero attached hydrogens (tertiary/aromatic N) is 1. The Morgan fingerprint density at radius 1 is 1.18 bits per heavy atom. The first kappa shape index (κ1) is 28.5. The number of aryl methyl sites for hydroxylation is 2. The van der Waals surface area contributed by atoms with Crippen molar-refractivity contribution in [3.63, 3.8) is 0 Å². The van der Waals surface area contributed by atoms with Gasteiger partial charge in [-0.3, -0.25) is 8.98 Å². The standard InChI is InChI=1S/C27H36N2O7S3/c1-16-15-28-26(37-16)29-24(30)10-6-18-14-23(36-39(4,33)34)27(2)12-11-21-20-9-7-19(35-38(3,31)32)13-17(20)5-8-22(21)25(18)27/h7,9,13,15,18,21-23,25H,5-6,8,10-12,14H2,1-4H3,(H,28,29,30). The lowest BCUT2D eigenvalue weighted by molar-refractivity contribution is -0.116. The van der Waals surface area contributed by atoms with Gasteiger partial charge in [-0.25, -0.2) is 4.98 Å². The molecule has 1 heterocycles. The number of thiazole rings is 1. The van der Waals surface area contributed by atoms with E-state index in [1.54, 1.807) is 12.3 Å². The molecular formula is C27H36N2O7S3. The number of hydrogen-bond donors (Lipinski definition) is 1. The van der Waals surface area contributed by atoms with Gasteiger partial charge in [0.2, 0.25) is 5.91 Å². The van der Waals surface area contributed by atoms with E-state index >= 15 is 0 Å². The first-order valence-electron chi connectivity index (χ1n) is 13.3. The van der Waals surface area contributed by atoms with Gasteiger partial charge in [0.25, 0.3) is 10.1 Å². The van der Waals surface area contributed by atoms with Crippen LogP contribution in [0.1, 0.15) is 67.4 Å². The molecule has 0 saturated heterocycles. The third-order valence-electron chi connectivity index (χ3n) is 8.90. The number of fused-ring (bicyclic) bond motifs is 5. The van der Waals surface area contributed by atoms with Crippen LogP contribution >= 0.6 is 11.3 Å². The van der Waals surface area contributed by atoms with Gasteiger partial charge in [-0.1, -0.05) is 13.0 Å². The second-order valence-corrected chi connectivity index (χ2v) is 16.1. The molecule has 0 spiro atoms. The SMILES string of the molecule is Cc1cnc(NC(=O)CCC2CC(OS(C)(=O)=O)C3(C)CCC4c5ccc(OS(C)(=O)=O)cc5CCC4C23)s1. The average molecular weight is 597 g/mol. The quantitative estimate of drug-likeness (QED) is 0.437. The summed E-state index contributed by atoms with van der Waals surface area (Å²) < 4.78 is 58.5. The fourth-order valence-electron chi connectivity index (χ4n) is 7.59. The second kappa shape index (κ2) is 10.4. The zero-order valence-corrected chi connectivity index (χ0v) is 25.1. The second-order valence-electron chi connectivity index (χ2n) is 11.7. The molecule has 2 fully saturated rings. The third kappa shape index (κ3) is 6.18. The molecule has 0 radical (unpaired) electrons. The Morgan fingerprint density at radius 3 is 2.62 bits per heavy atom. The lowest BCUT2D eigenvalue weighted by Crippen LogP contribution is -2.46. The number of benzene rings is 1. The van der Waals surface area contributed by atoms with Crippen LogP contribution in [0, 0.1) is 30.1 Å². The molecule has 2 aromatic rings. The van der Waals surface area contributed by atoms with E-state index < -0.39 is 26.3 Å². The number of carbonyl (C=O) groups is 1. The van der Waals surface area contributed by atoms with E-state index in [9.17, 15) is 21.6 Å². The van der Waals surface area contributed by atoms with Gasteiger partial charge >= 0.3 is 10.1 Å². The number of rotatable bonds is 8. The Balaban J connectivity index is 1.39. The predicted octanol–water partition coefficient (Wildman–Crippen LogP) is 4.64. The van der Waals surface area contributed by atoms with Crippen LogP contribution in [0.3, 0.4) is 0 Å². The zero-order valence-electron chi connectivity index (χ0n) is 22.7. The normalized spacial score (nSPS) is 30.2. The number of hydrogen-bond acceptors (Lipinski definition) is 9. The van der Waals surface area contributed by atoms with Crippen molar-refractivity contribution in [2.24, 2.45) is 23.2 Å². The van der Waals surface area contributed by atoms with Gasteiger partial charge < -0.3 is 9.50 Å². The molecule has 1 N–H and O–H groups in total. The fourth-order valence-corrected chi connectivity index (χ4v) is 9.44. The Morgan fingerprint density at radius 2 is 1.95 bits per heavy atom. The van der Waals surface area contributed by atoms with Crippen LogP contribution in [0.25, 0.3) is 0 Å². The van der Waals surface area contributed by atoms with Gasteiger partial charge in [0.15, 0.2) is 5.13 Å². The van der Waals surface area contributed by atoms with Gasteiger partial charge in [-0.05, 0) is 97.8 Å². The molecule has 1 aromatic carbocycles. The molecule has 9 nitrogen and oxygen atoms in total. The maximum Gasteiger partial charge on any atom is 0.306 e. The molecule has 214 valence electrons. The van der Waals surface area contributed by atoms with E-state index in [1.165, 1.54) is 16.9 Å². The van der Waals surface area contributed by atoms with Gasteiger partial charge in [-0.15, -0.1) is 11.3 Å². The molecular weight excluding hydrogens is 561 g/mol. The van der Waals surface area contributed by atoms with E-state index in [4.69, 9.17) is 8.37 Å². The number of amides is 1. The van der Waals surface area contributed by atoms with Gasteiger partial charge in [0.1, 0.15) is 5.75 Å². The summed E-state index contributed by atoms with van der Waals surface area (Å²) in [4.78, 5) is 18.0. The lowest BCUT2D eigenvalue weighted by Gasteiger charge is -2.51. The maximum absolute atomic E-state index is 12.8. The van der Waals surface area contributed by atoms with E-state index in [-0.39, 0.29) is 29.1 Å². The van der Waals surface area contributed by atoms with Crippen LogP contribution in [0.5, 0.6) is 5.75 Å². The van der Waals surface area contributed by atoms with E-state index in [2.05, 4.69) is 17.2 Å². The van der Waals surface area contributed by atoms with Crippen molar-refractivity contribution < 1.29 is 30.0 Å². The van der Waals surface area contributed by atoms with Crippen molar-refractivity contribution in [2.45, 2.75) is 70.8 Å².